The van der Waals surface area contributed by atoms with E-state index < -0.39 is 0 Å². The molecule has 0 atom stereocenters. The summed E-state index contributed by atoms with van der Waals surface area (Å²) in [6.07, 6.45) is 4.56. The first-order valence-electron chi connectivity index (χ1n) is 7.07. The highest BCUT2D eigenvalue weighted by molar-refractivity contribution is 7.10. The van der Waals surface area contributed by atoms with Crippen LogP contribution in [0.15, 0.2) is 18.5 Å². The van der Waals surface area contributed by atoms with E-state index in [1.807, 2.05) is 0 Å². The maximum absolute atomic E-state index is 12.2. The van der Waals surface area contributed by atoms with Crippen LogP contribution in [-0.4, -0.2) is 33.3 Å². The van der Waals surface area contributed by atoms with Crippen molar-refractivity contribution in [1.82, 2.24) is 14.3 Å². The smallest absolute Gasteiger partial charge is 0.229 e. The van der Waals surface area contributed by atoms with Crippen molar-refractivity contribution in [3.63, 3.8) is 0 Å². The quantitative estimate of drug-likeness (QED) is 0.914. The Hall–Kier alpha value is -2.24. The van der Waals surface area contributed by atoms with Gasteiger partial charge in [0.2, 0.25) is 11.9 Å². The number of amides is 1. The average Bonchev–Trinajstić information content (AvgIpc) is 2.96. The van der Waals surface area contributed by atoms with E-state index in [4.69, 9.17) is 16.9 Å². The highest BCUT2D eigenvalue weighted by Crippen LogP contribution is 2.33. The molecule has 2 aromatic heterocycles. The van der Waals surface area contributed by atoms with Gasteiger partial charge in [-0.15, -0.1) is 0 Å². The van der Waals surface area contributed by atoms with E-state index in [9.17, 15) is 4.79 Å². The van der Waals surface area contributed by atoms with Crippen molar-refractivity contribution in [3.8, 4) is 6.07 Å². The molecule has 0 saturated carbocycles. The molecule has 0 spiro atoms. The van der Waals surface area contributed by atoms with Crippen molar-refractivity contribution in [3.05, 3.63) is 29.2 Å². The third-order valence-corrected chi connectivity index (χ3v) is 4.98. The molecule has 23 heavy (non-hydrogen) atoms. The molecule has 118 valence electrons. The first kappa shape index (κ1) is 15.6. The summed E-state index contributed by atoms with van der Waals surface area (Å²) in [6, 6.07) is 3.78. The summed E-state index contributed by atoms with van der Waals surface area (Å²) < 4.78 is 4.02. The second-order valence-electron chi connectivity index (χ2n) is 5.09. The molecule has 1 amide bonds. The molecule has 0 unspecified atom stereocenters. The monoisotopic (exact) mass is 348 g/mol. The lowest BCUT2D eigenvalue weighted by atomic mass is 9.96. The molecule has 1 aliphatic heterocycles. The summed E-state index contributed by atoms with van der Waals surface area (Å²) in [5, 5.41) is 12.9. The number of carbonyl (C=O) groups excluding carboxylic acids is 1. The van der Waals surface area contributed by atoms with Crippen molar-refractivity contribution in [2.45, 2.75) is 12.8 Å². The zero-order valence-corrected chi connectivity index (χ0v) is 13.6. The van der Waals surface area contributed by atoms with Crippen LogP contribution in [-0.2, 0) is 4.79 Å². The van der Waals surface area contributed by atoms with E-state index in [1.54, 1.807) is 18.5 Å². The van der Waals surface area contributed by atoms with Crippen LogP contribution in [0.3, 0.4) is 0 Å². The Bertz CT molecular complexity index is 735. The topological polar surface area (TPSA) is 94.8 Å². The van der Waals surface area contributed by atoms with Crippen molar-refractivity contribution >= 4 is 40.0 Å². The predicted octanol–water partition coefficient (Wildman–Crippen LogP) is 2.31. The minimum atomic E-state index is -0.0935. The number of nitrogens with one attached hydrogen (secondary N) is 1. The van der Waals surface area contributed by atoms with Crippen LogP contribution >= 0.6 is 23.1 Å². The molecular weight excluding hydrogens is 336 g/mol. The van der Waals surface area contributed by atoms with E-state index in [0.29, 0.717) is 37.4 Å². The normalized spacial score (nSPS) is 15.2. The number of nitrogens with zero attached hydrogens (tertiary/aromatic N) is 5. The zero-order chi connectivity index (χ0) is 16.2. The molecule has 0 aliphatic carbocycles. The maximum atomic E-state index is 12.2. The van der Waals surface area contributed by atoms with Crippen LogP contribution < -0.4 is 10.2 Å². The summed E-state index contributed by atoms with van der Waals surface area (Å²) >= 11 is 7.13. The van der Waals surface area contributed by atoms with Gasteiger partial charge in [-0.25, -0.2) is 9.97 Å². The van der Waals surface area contributed by atoms with Gasteiger partial charge in [-0.1, -0.05) is 11.6 Å². The molecule has 2 aromatic rings. The lowest BCUT2D eigenvalue weighted by Gasteiger charge is -2.31. The van der Waals surface area contributed by atoms with Gasteiger partial charge in [0.1, 0.15) is 16.6 Å². The third kappa shape index (κ3) is 3.41. The van der Waals surface area contributed by atoms with Crippen molar-refractivity contribution < 1.29 is 4.79 Å². The van der Waals surface area contributed by atoms with E-state index in [2.05, 4.69) is 30.6 Å². The molecule has 0 aromatic carbocycles. The van der Waals surface area contributed by atoms with Gasteiger partial charge in [-0.2, -0.15) is 9.64 Å². The van der Waals surface area contributed by atoms with Crippen LogP contribution in [0.5, 0.6) is 0 Å². The molecule has 1 aliphatic rings. The van der Waals surface area contributed by atoms with E-state index >= 15 is 0 Å². The number of anilines is 2. The van der Waals surface area contributed by atoms with Crippen LogP contribution in [0.2, 0.25) is 5.15 Å². The Labute approximate surface area is 142 Å². The first-order chi connectivity index (χ1) is 11.2. The number of aromatic nitrogens is 3. The molecule has 1 fully saturated rings. The van der Waals surface area contributed by atoms with Crippen LogP contribution in [0.1, 0.15) is 18.4 Å². The second kappa shape index (κ2) is 6.89. The fourth-order valence-electron chi connectivity index (χ4n) is 2.49. The number of halogens is 1. The van der Waals surface area contributed by atoms with Gasteiger partial charge < -0.3 is 4.90 Å². The van der Waals surface area contributed by atoms with Gasteiger partial charge in [0.25, 0.3) is 0 Å². The minimum absolute atomic E-state index is 0.0707. The van der Waals surface area contributed by atoms with Crippen molar-refractivity contribution in [2.24, 2.45) is 5.92 Å². The number of rotatable bonds is 3. The van der Waals surface area contributed by atoms with E-state index in [0.717, 1.165) is 5.00 Å². The number of carbonyl (C=O) groups is 1. The Morgan fingerprint density at radius 3 is 2.74 bits per heavy atom. The molecule has 7 nitrogen and oxygen atoms in total. The molecule has 0 radical (unpaired) electrons. The van der Waals surface area contributed by atoms with E-state index in [1.165, 1.54) is 11.5 Å². The third-order valence-electron chi connectivity index (χ3n) is 3.70. The largest absolute Gasteiger partial charge is 0.361 e. The zero-order valence-electron chi connectivity index (χ0n) is 12.1. The molecule has 1 saturated heterocycles. The fourth-order valence-corrected chi connectivity index (χ4v) is 3.57. The van der Waals surface area contributed by atoms with Gasteiger partial charge >= 0.3 is 0 Å². The van der Waals surface area contributed by atoms with Crippen molar-refractivity contribution in [2.75, 3.05) is 23.3 Å². The van der Waals surface area contributed by atoms with Gasteiger partial charge in [0.15, 0.2) is 5.15 Å². The molecule has 3 heterocycles. The summed E-state index contributed by atoms with van der Waals surface area (Å²) in [4.78, 5) is 22.3. The van der Waals surface area contributed by atoms with Gasteiger partial charge in [-0.3, -0.25) is 10.1 Å². The van der Waals surface area contributed by atoms with Gasteiger partial charge in [0, 0.05) is 31.4 Å². The average molecular weight is 349 g/mol. The lowest BCUT2D eigenvalue weighted by Crippen LogP contribution is -2.38. The standard InChI is InChI=1S/C14H13ClN6OS/c15-11-10(8-16)13(23-20-11)21-6-2-9(3-7-21)12(22)19-14-17-4-1-5-18-14/h1,4-5,9H,2-3,6-7H2,(H,17,18,19,22). The minimum Gasteiger partial charge on any atom is -0.361 e. The number of nitriles is 1. The second-order valence-corrected chi connectivity index (χ2v) is 6.20. The Morgan fingerprint density at radius 1 is 1.39 bits per heavy atom. The van der Waals surface area contributed by atoms with Gasteiger partial charge in [-0.05, 0) is 30.4 Å². The molecule has 0 bridgehead atoms. The lowest BCUT2D eigenvalue weighted by molar-refractivity contribution is -0.120. The Balaban J connectivity index is 1.60. The predicted molar refractivity (Wildman–Crippen MR) is 87.4 cm³/mol. The summed E-state index contributed by atoms with van der Waals surface area (Å²) in [5.74, 6) is 0.156. The molecule has 9 heteroatoms. The van der Waals surface area contributed by atoms with Gasteiger partial charge in [0.05, 0.1) is 0 Å². The summed E-state index contributed by atoms with van der Waals surface area (Å²) in [5.41, 5.74) is 0.414. The highest BCUT2D eigenvalue weighted by atomic mass is 35.5. The van der Waals surface area contributed by atoms with Crippen LogP contribution in [0.4, 0.5) is 10.9 Å². The summed E-state index contributed by atoms with van der Waals surface area (Å²) in [6.45, 7) is 1.36. The Kier molecular flexibility index (Phi) is 4.69. The Morgan fingerprint density at radius 2 is 2.09 bits per heavy atom. The summed E-state index contributed by atoms with van der Waals surface area (Å²) in [7, 11) is 0. The molecular formula is C14H13ClN6OS. The first-order valence-corrected chi connectivity index (χ1v) is 8.22. The highest BCUT2D eigenvalue weighted by Gasteiger charge is 2.28. The fraction of sp³-hybridized carbons (Fsp3) is 0.357. The maximum Gasteiger partial charge on any atom is 0.229 e. The number of hydrogen-bond acceptors (Lipinski definition) is 7. The van der Waals surface area contributed by atoms with Crippen LogP contribution in [0.25, 0.3) is 0 Å². The molecule has 1 N–H and O–H groups in total. The SMILES string of the molecule is N#Cc1c(Cl)nsc1N1CCC(C(=O)Nc2ncccn2)CC1. The molecule has 3 rings (SSSR count). The number of hydrogen-bond donors (Lipinski definition) is 1. The van der Waals surface area contributed by atoms with Crippen LogP contribution in [0, 0.1) is 17.2 Å². The van der Waals surface area contributed by atoms with Crippen molar-refractivity contribution in [1.29, 1.82) is 5.26 Å². The van der Waals surface area contributed by atoms with E-state index in [-0.39, 0.29) is 17.0 Å². The number of piperidine rings is 1.